The summed E-state index contributed by atoms with van der Waals surface area (Å²) in [7, 11) is -4.50. The molecule has 3 N–H and O–H groups in total. The Morgan fingerprint density at radius 1 is 1.57 bits per heavy atom. The number of phosphoric acid groups is 1. The summed E-state index contributed by atoms with van der Waals surface area (Å²) in [6.45, 7) is 6.26. The van der Waals surface area contributed by atoms with E-state index in [0.717, 1.165) is 6.08 Å². The van der Waals surface area contributed by atoms with E-state index in [4.69, 9.17) is 9.79 Å². The number of rotatable bonds is 5. The van der Waals surface area contributed by atoms with E-state index in [-0.39, 0.29) is 0 Å². The first-order valence-corrected chi connectivity index (χ1v) is 5.46. The van der Waals surface area contributed by atoms with Crippen LogP contribution in [0.4, 0.5) is 0 Å². The van der Waals surface area contributed by atoms with Crippen molar-refractivity contribution in [3.63, 3.8) is 0 Å². The molecule has 6 nitrogen and oxygen atoms in total. The first-order chi connectivity index (χ1) is 6.26. The van der Waals surface area contributed by atoms with Gasteiger partial charge in [-0.3, -0.25) is 9.32 Å². The maximum atomic E-state index is 10.8. The smallest absolute Gasteiger partial charge is 0.348 e. The molecule has 0 aliphatic heterocycles. The van der Waals surface area contributed by atoms with Gasteiger partial charge in [-0.1, -0.05) is 6.58 Å². The molecule has 2 atom stereocenters. The van der Waals surface area contributed by atoms with Crippen molar-refractivity contribution in [2.75, 3.05) is 0 Å². The number of hydrogen-bond acceptors (Lipinski definition) is 3. The van der Waals surface area contributed by atoms with Gasteiger partial charge in [-0.15, -0.1) is 0 Å². The standard InChI is InChI=1S/C7H14NO5P/c1-4-7(9)8-5(2)6(3)13-14(10,11)12/h4-6H,1H2,2-3H3,(H,8,9)(H2,10,11,12). The molecule has 0 spiro atoms. The van der Waals surface area contributed by atoms with E-state index in [1.807, 2.05) is 0 Å². The van der Waals surface area contributed by atoms with Gasteiger partial charge in [0, 0.05) is 0 Å². The minimum atomic E-state index is -4.50. The fourth-order valence-electron chi connectivity index (χ4n) is 0.709. The average molecular weight is 223 g/mol. The highest BCUT2D eigenvalue weighted by atomic mass is 31.2. The van der Waals surface area contributed by atoms with Gasteiger partial charge in [-0.2, -0.15) is 0 Å². The summed E-state index contributed by atoms with van der Waals surface area (Å²) >= 11 is 0. The van der Waals surface area contributed by atoms with Crippen LogP contribution in [0.1, 0.15) is 13.8 Å². The van der Waals surface area contributed by atoms with Crippen molar-refractivity contribution < 1.29 is 23.7 Å². The molecule has 0 fully saturated rings. The summed E-state index contributed by atoms with van der Waals surface area (Å²) in [5, 5.41) is 2.43. The minimum absolute atomic E-state index is 0.418. The predicted molar refractivity (Wildman–Crippen MR) is 50.4 cm³/mol. The quantitative estimate of drug-likeness (QED) is 0.456. The van der Waals surface area contributed by atoms with Gasteiger partial charge in [0.25, 0.3) is 0 Å². The van der Waals surface area contributed by atoms with Crippen molar-refractivity contribution in [2.24, 2.45) is 0 Å². The third-order valence-corrected chi connectivity index (χ3v) is 2.17. The van der Waals surface area contributed by atoms with Gasteiger partial charge in [0.2, 0.25) is 5.91 Å². The summed E-state index contributed by atoms with van der Waals surface area (Å²) in [5.74, 6) is -0.418. The lowest BCUT2D eigenvalue weighted by Gasteiger charge is -2.20. The van der Waals surface area contributed by atoms with Crippen molar-refractivity contribution in [1.82, 2.24) is 5.32 Å². The van der Waals surface area contributed by atoms with Crippen LogP contribution in [0.15, 0.2) is 12.7 Å². The van der Waals surface area contributed by atoms with E-state index in [1.54, 1.807) is 6.92 Å². The van der Waals surface area contributed by atoms with Crippen LogP contribution in [0, 0.1) is 0 Å². The molecule has 0 saturated heterocycles. The average Bonchev–Trinajstić information content (AvgIpc) is 2.00. The summed E-state index contributed by atoms with van der Waals surface area (Å²) in [4.78, 5) is 27.8. The number of carbonyl (C=O) groups is 1. The maximum Gasteiger partial charge on any atom is 0.469 e. The molecule has 0 aromatic rings. The molecule has 0 saturated carbocycles. The largest absolute Gasteiger partial charge is 0.469 e. The van der Waals surface area contributed by atoms with Gasteiger partial charge >= 0.3 is 7.82 Å². The van der Waals surface area contributed by atoms with Gasteiger partial charge in [0.15, 0.2) is 0 Å². The van der Waals surface area contributed by atoms with E-state index in [1.165, 1.54) is 6.92 Å². The lowest BCUT2D eigenvalue weighted by molar-refractivity contribution is -0.117. The fourth-order valence-corrected chi connectivity index (χ4v) is 1.32. The van der Waals surface area contributed by atoms with Crippen molar-refractivity contribution in [1.29, 1.82) is 0 Å². The Balaban J connectivity index is 4.12. The van der Waals surface area contributed by atoms with Gasteiger partial charge in [-0.05, 0) is 19.9 Å². The first-order valence-electron chi connectivity index (χ1n) is 3.93. The fraction of sp³-hybridized carbons (Fsp3) is 0.571. The number of hydrogen-bond donors (Lipinski definition) is 3. The van der Waals surface area contributed by atoms with Crippen LogP contribution in [-0.4, -0.2) is 27.8 Å². The molecule has 82 valence electrons. The Morgan fingerprint density at radius 2 is 2.07 bits per heavy atom. The molecule has 14 heavy (non-hydrogen) atoms. The van der Waals surface area contributed by atoms with Crippen molar-refractivity contribution >= 4 is 13.7 Å². The van der Waals surface area contributed by atoms with E-state index < -0.39 is 25.9 Å². The number of amides is 1. The summed E-state index contributed by atoms with van der Waals surface area (Å²) < 4.78 is 14.8. The van der Waals surface area contributed by atoms with Crippen molar-refractivity contribution in [2.45, 2.75) is 26.0 Å². The molecule has 7 heteroatoms. The lowest BCUT2D eigenvalue weighted by Crippen LogP contribution is -2.39. The third kappa shape index (κ3) is 5.88. The predicted octanol–water partition coefficient (Wildman–Crippen LogP) is 0.175. The highest BCUT2D eigenvalue weighted by molar-refractivity contribution is 7.46. The molecular formula is C7H14NO5P. The van der Waals surface area contributed by atoms with E-state index in [2.05, 4.69) is 16.4 Å². The van der Waals surface area contributed by atoms with Crippen LogP contribution in [0.2, 0.25) is 0 Å². The van der Waals surface area contributed by atoms with E-state index in [0.29, 0.717) is 0 Å². The normalized spacial score (nSPS) is 15.7. The van der Waals surface area contributed by atoms with Crippen molar-refractivity contribution in [3.8, 4) is 0 Å². The number of nitrogens with one attached hydrogen (secondary N) is 1. The zero-order chi connectivity index (χ0) is 11.4. The zero-order valence-electron chi connectivity index (χ0n) is 8.01. The second-order valence-corrected chi connectivity index (χ2v) is 3.99. The van der Waals surface area contributed by atoms with Crippen LogP contribution >= 0.6 is 7.82 Å². The van der Waals surface area contributed by atoms with Crippen LogP contribution in [-0.2, 0) is 13.9 Å². The Hall–Kier alpha value is -0.680. The molecule has 2 unspecified atom stereocenters. The highest BCUT2D eigenvalue weighted by Gasteiger charge is 2.23. The molecule has 0 aromatic carbocycles. The van der Waals surface area contributed by atoms with Gasteiger partial charge in [-0.25, -0.2) is 4.57 Å². The molecular weight excluding hydrogens is 209 g/mol. The number of phosphoric ester groups is 1. The molecule has 0 aliphatic rings. The number of carbonyl (C=O) groups excluding carboxylic acids is 1. The van der Waals surface area contributed by atoms with E-state index >= 15 is 0 Å². The van der Waals surface area contributed by atoms with Gasteiger partial charge in [0.05, 0.1) is 12.1 Å². The Morgan fingerprint density at radius 3 is 2.43 bits per heavy atom. The van der Waals surface area contributed by atoms with Crippen LogP contribution in [0.25, 0.3) is 0 Å². The second-order valence-electron chi connectivity index (χ2n) is 2.80. The lowest BCUT2D eigenvalue weighted by atomic mass is 10.2. The molecule has 0 aliphatic carbocycles. The molecule has 0 heterocycles. The molecule has 0 radical (unpaired) electrons. The molecule has 0 aromatic heterocycles. The molecule has 0 rings (SSSR count). The third-order valence-electron chi connectivity index (χ3n) is 1.56. The Kier molecular flexibility index (Phi) is 5.01. The zero-order valence-corrected chi connectivity index (χ0v) is 8.90. The maximum absolute atomic E-state index is 10.8. The van der Waals surface area contributed by atoms with Crippen LogP contribution in [0.3, 0.4) is 0 Å². The first kappa shape index (κ1) is 13.3. The molecule has 0 bridgehead atoms. The summed E-state index contributed by atoms with van der Waals surface area (Å²) in [6.07, 6.45) is 0.292. The van der Waals surface area contributed by atoms with Crippen LogP contribution in [0.5, 0.6) is 0 Å². The minimum Gasteiger partial charge on any atom is -0.348 e. The van der Waals surface area contributed by atoms with E-state index in [9.17, 15) is 9.36 Å². The summed E-state index contributed by atoms with van der Waals surface area (Å²) in [6, 6.07) is -0.506. The van der Waals surface area contributed by atoms with Gasteiger partial charge < -0.3 is 15.1 Å². The Bertz CT molecular complexity index is 261. The van der Waals surface area contributed by atoms with Gasteiger partial charge in [0.1, 0.15) is 0 Å². The molecule has 1 amide bonds. The summed E-state index contributed by atoms with van der Waals surface area (Å²) in [5.41, 5.74) is 0. The topological polar surface area (TPSA) is 95.9 Å². The van der Waals surface area contributed by atoms with Crippen molar-refractivity contribution in [3.05, 3.63) is 12.7 Å². The Labute approximate surface area is 82.2 Å². The highest BCUT2D eigenvalue weighted by Crippen LogP contribution is 2.37. The SMILES string of the molecule is C=CC(=O)NC(C)C(C)OP(=O)(O)O. The monoisotopic (exact) mass is 223 g/mol. The van der Waals surface area contributed by atoms with Crippen LogP contribution < -0.4 is 5.32 Å². The second kappa shape index (κ2) is 5.26.